The van der Waals surface area contributed by atoms with Gasteiger partial charge in [-0.2, -0.15) is 0 Å². The number of rotatable bonds is 16. The molecule has 4 fully saturated rings. The van der Waals surface area contributed by atoms with Crippen LogP contribution in [0.15, 0.2) is 193 Å². The van der Waals surface area contributed by atoms with Crippen molar-refractivity contribution in [3.63, 3.8) is 0 Å². The molecular weight excluding hydrogens is 1720 g/mol. The number of hydrogen-bond acceptors (Lipinski definition) is 23. The minimum absolute atomic E-state index is 0. The van der Waals surface area contributed by atoms with Crippen molar-refractivity contribution in [3.05, 3.63) is 272 Å². The molecule has 3 amide bonds. The van der Waals surface area contributed by atoms with Crippen molar-refractivity contribution >= 4 is 108 Å². The van der Waals surface area contributed by atoms with Crippen LogP contribution in [0.25, 0.3) is 56.1 Å². The number of alkyl halides is 1. The zero-order valence-corrected chi connectivity index (χ0v) is 75.8. The van der Waals surface area contributed by atoms with Gasteiger partial charge in [-0.05, 0) is 211 Å². The number of aromatic carboxylic acids is 1. The zero-order chi connectivity index (χ0) is 92.2. The molecule has 17 rings (SSSR count). The van der Waals surface area contributed by atoms with Gasteiger partial charge in [0.2, 0.25) is 0 Å². The van der Waals surface area contributed by atoms with Crippen LogP contribution < -0.4 is 45.9 Å². The standard InChI is InChI=1S/C26H25FN6O2S.C16H13FN2O.C15H11FN2O2.C14H13FN2O.C11H16N4OS.C5H12O3.C2H6O.CH3F.2CH4.H2NO.Na/c1-17-29-22-14-18(2-7-23(22)33(17)20-5-3-19(27)4-6-20)25(34)32-15-21(16-32)30-9-11-31(12-10-30)26(35)24-28-8-13-36-24;1-10(20)12-3-8-16-15(9-12)18-11(2)19(16)14-6-4-13(17)5-7-14;1-9-17-13-8-10(15(19)20)2-7-14(13)18(9)12-5-3-11(16)4-6-12;1-9(18)10-2-7-14(13(16)8-10)17-12-5-3-11(15)4-6-12;16-11(10-13-1-6-17-10)15-4-2-14(3-5-15)9-7-12-8-9;1-5(6-2,7-3)8-4;1-2-3;1-2;;;1-2;/h2-8,13-14,21H,9-12,15-16H2,1H3;3-9H,1-2H3;2-8H,1H3,(H,19,20);2-8,17H,16H2,1H3;1,6,9,12H,2-5,7-8H2;1-4H3;3H,2H2,1H3;1H3;2*1H4;1-2H;/q;;;;;;;;;;-1;+1/i;;;;;;;1D;;;;. The third-order valence-corrected chi connectivity index (χ3v) is 22.2. The predicted molar refractivity (Wildman–Crippen MR) is 489 cm³/mol. The van der Waals surface area contributed by atoms with Gasteiger partial charge >= 0.3 is 35.5 Å². The molecule has 0 saturated carbocycles. The number of nitrogen functional groups attached to an aromatic ring is 1. The Morgan fingerprint density at radius 3 is 1.19 bits per heavy atom. The van der Waals surface area contributed by atoms with Gasteiger partial charge in [0.1, 0.15) is 40.7 Å². The van der Waals surface area contributed by atoms with E-state index in [0.717, 1.165) is 114 Å². The normalized spacial score (nSPS) is 13.6. The van der Waals surface area contributed by atoms with Gasteiger partial charge in [0.05, 0.1) is 58.6 Å². The zero-order valence-electron chi connectivity index (χ0n) is 73.1. The summed E-state index contributed by atoms with van der Waals surface area (Å²) in [5.74, 6) is 4.11. The van der Waals surface area contributed by atoms with Crippen LogP contribution in [0.3, 0.4) is 0 Å². The summed E-state index contributed by atoms with van der Waals surface area (Å²) < 4.78 is 87.8. The molecule has 682 valence electrons. The summed E-state index contributed by atoms with van der Waals surface area (Å²) in [5.41, 5.74) is 16.9. The summed E-state index contributed by atoms with van der Waals surface area (Å²) in [6, 6.07) is 46.4. The number of aliphatic hydroxyl groups is 1. The number of carboxylic acids is 1. The fourth-order valence-electron chi connectivity index (χ4n) is 13.7. The van der Waals surface area contributed by atoms with Crippen molar-refractivity contribution in [2.24, 2.45) is 0 Å². The van der Waals surface area contributed by atoms with E-state index in [1.54, 1.807) is 111 Å². The van der Waals surface area contributed by atoms with Crippen molar-refractivity contribution in [2.45, 2.75) is 81.4 Å². The SMILES string of the molecule is C.C.CC(=O)c1ccc(Nc2ccc(F)cc2)c(N)c1.CC(=O)c1ccc2c(c1)nc(C)n2-c1ccc(F)cc1.CCO.COC(C)(OC)OC.Cc1nc2cc(C(=O)N3CC(N4CCN(C(=O)c5nccs5)CC4)C3)ccc2n1-c1ccc(F)cc1.Cc1nc2cc(C(=O)O)ccc2n1-c1ccc(F)cc1.O=C(c1nccs1)N1CCN(C2CNC2)CC1.[2H]CF.[NH-]O.[Na+]. The number of aromatic nitrogens is 8. The maximum Gasteiger partial charge on any atom is 1.00 e. The number of aryl methyl sites for hydroxylation is 3. The predicted octanol–water partition coefficient (Wildman–Crippen LogP) is 13.2. The monoisotopic (exact) mass is 1830 g/mol. The quantitative estimate of drug-likeness (QED) is 0.0131. The molecule has 9 heterocycles. The number of amides is 3. The Balaban J connectivity index is 0.000000245. The first kappa shape index (κ1) is 105. The smallest absolute Gasteiger partial charge is 0.553 e. The van der Waals surface area contributed by atoms with Gasteiger partial charge in [-0.15, -0.1) is 22.7 Å². The molecule has 37 heteroatoms. The molecule has 4 aliphatic rings. The number of nitrogens with one attached hydrogen (secondary N) is 3. The summed E-state index contributed by atoms with van der Waals surface area (Å²) in [6.45, 7) is 22.4. The van der Waals surface area contributed by atoms with Crippen LogP contribution in [-0.4, -0.2) is 245 Å². The Morgan fingerprint density at radius 2 is 0.860 bits per heavy atom. The van der Waals surface area contributed by atoms with E-state index in [-0.39, 0.29) is 109 Å². The molecule has 129 heavy (non-hydrogen) atoms. The second-order valence-electron chi connectivity index (χ2n) is 28.7. The third kappa shape index (κ3) is 28.0. The van der Waals surface area contributed by atoms with E-state index in [9.17, 15) is 50.7 Å². The van der Waals surface area contributed by atoms with E-state index in [1.165, 1.54) is 119 Å². The van der Waals surface area contributed by atoms with E-state index in [4.69, 9.17) is 42.6 Å². The first-order valence-electron chi connectivity index (χ1n) is 40.3. The molecule has 13 aromatic rings. The number of imidazole rings is 3. The first-order chi connectivity index (χ1) is 61.0. The number of ether oxygens (including phenoxy) is 3. The van der Waals surface area contributed by atoms with Gasteiger partial charge in [0.15, 0.2) is 21.6 Å². The molecule has 0 radical (unpaired) electrons. The van der Waals surface area contributed by atoms with Crippen molar-refractivity contribution in [1.82, 2.24) is 68.4 Å². The molecule has 4 aliphatic heterocycles. The second-order valence-corrected chi connectivity index (χ2v) is 30.5. The van der Waals surface area contributed by atoms with Crippen LogP contribution in [0.1, 0.15) is 122 Å². The number of carbonyl (C=O) groups excluding carboxylic acids is 5. The number of fused-ring (bicyclic) bond motifs is 3. The number of methoxy groups -OCH3 is 3. The fraction of sp³-hybridized carbons (Fsp3) is 0.315. The van der Waals surface area contributed by atoms with Crippen molar-refractivity contribution in [2.75, 3.05) is 125 Å². The molecule has 0 atom stereocenters. The number of carboxylic acid groups (broad SMARTS) is 1. The number of ketones is 2. The topological polar surface area (TPSA) is 360 Å². The Morgan fingerprint density at radius 1 is 0.527 bits per heavy atom. The number of piperazine rings is 2. The number of likely N-dealkylation sites (tertiary alicyclic amines) is 1. The average Bonchev–Trinajstić information content (AvgIpc) is 1.62. The van der Waals surface area contributed by atoms with E-state index in [2.05, 4.69) is 45.4 Å². The van der Waals surface area contributed by atoms with Crippen molar-refractivity contribution in [3.8, 4) is 17.1 Å². The van der Waals surface area contributed by atoms with Crippen LogP contribution in [0.2, 0.25) is 0 Å². The van der Waals surface area contributed by atoms with Gasteiger partial charge in [-0.3, -0.25) is 51.9 Å². The number of nitrogens with zero attached hydrogens (tertiary/aromatic N) is 13. The van der Waals surface area contributed by atoms with Crippen LogP contribution in [0.5, 0.6) is 0 Å². The molecule has 5 aromatic heterocycles. The van der Waals surface area contributed by atoms with Gasteiger partial charge in [-0.25, -0.2) is 47.3 Å². The Hall–Kier alpha value is -11.5. The Kier molecular flexibility index (Phi) is 41.4. The minimum atomic E-state index is -1.00. The number of hydrogen-bond donors (Lipinski definition) is 6. The molecular formula is C92H109F5N17NaO12S2. The number of benzene rings is 8. The molecule has 4 saturated heterocycles. The summed E-state index contributed by atoms with van der Waals surface area (Å²) in [5, 5.41) is 34.0. The number of halogens is 5. The Labute approximate surface area is 777 Å². The van der Waals surface area contributed by atoms with E-state index in [0.29, 0.717) is 87.7 Å². The van der Waals surface area contributed by atoms with E-state index in [1.807, 2.05) is 84.2 Å². The molecule has 29 nitrogen and oxygen atoms in total. The minimum Gasteiger partial charge on any atom is -0.553 e. The average molecular weight is 1830 g/mol. The number of nitrogens with two attached hydrogens (primary N) is 1. The molecule has 0 aliphatic carbocycles. The fourth-order valence-corrected chi connectivity index (χ4v) is 14.9. The van der Waals surface area contributed by atoms with Gasteiger partial charge in [-0.1, -0.05) is 14.9 Å². The number of Topliss-reactive ketones (excluding diaryl/α,β-unsaturated/α-hetero) is 2. The van der Waals surface area contributed by atoms with Crippen LogP contribution in [-0.2, 0) is 14.2 Å². The van der Waals surface area contributed by atoms with Crippen molar-refractivity contribution < 1.29 is 111 Å². The molecule has 8 aromatic carbocycles. The number of carbonyl (C=O) groups is 6. The van der Waals surface area contributed by atoms with Crippen LogP contribution in [0.4, 0.5) is 39.0 Å². The van der Waals surface area contributed by atoms with Gasteiger partial charge in [0, 0.05) is 188 Å². The van der Waals surface area contributed by atoms with Crippen molar-refractivity contribution in [1.29, 1.82) is 0 Å². The molecule has 8 N–H and O–H groups in total. The summed E-state index contributed by atoms with van der Waals surface area (Å²) in [7, 11) is 3.56. The van der Waals surface area contributed by atoms with E-state index >= 15 is 0 Å². The maximum atomic E-state index is 13.4. The molecule has 0 unspecified atom stereocenters. The Bertz CT molecular complexity index is 5630. The van der Waals surface area contributed by atoms with E-state index < -0.39 is 19.1 Å². The van der Waals surface area contributed by atoms with Crippen LogP contribution in [0, 0.1) is 44.0 Å². The number of anilines is 3. The summed E-state index contributed by atoms with van der Waals surface area (Å²) >= 11 is 2.79. The molecule has 0 bridgehead atoms. The summed E-state index contributed by atoms with van der Waals surface area (Å²) in [6.07, 6.45) is 3.35. The summed E-state index contributed by atoms with van der Waals surface area (Å²) in [4.78, 5) is 103. The molecule has 0 spiro atoms. The van der Waals surface area contributed by atoms with Gasteiger partial charge < -0.3 is 66.6 Å². The number of aliphatic hydroxyl groups excluding tert-OH is 1. The largest absolute Gasteiger partial charge is 1.00 e. The first-order valence-corrected chi connectivity index (χ1v) is 41.4. The second kappa shape index (κ2) is 51.1. The van der Waals surface area contributed by atoms with Gasteiger partial charge in [0.25, 0.3) is 23.7 Å². The third-order valence-electron chi connectivity index (χ3n) is 20.7. The maximum absolute atomic E-state index is 13.4. The van der Waals surface area contributed by atoms with Crippen LogP contribution >= 0.6 is 22.7 Å². The number of thiazole rings is 2.